The standard InChI is InChI=1S/C56H78N2/c1-3-5-7-9-10-11-12-13-14-15-16-17-18-19-21-25-41-57-43-37-47(38-44-57)48-39-45-58(46-40-48)42-26-22-20-24-28-50-30-32-52-33-35-53-49(27-23-8-6-4-2)29-31-51-34-36-54(50)56(52)55(51)53/h29-40,43-46H,3-28,41-42H2,1-2H3/q+2. The smallest absolute Gasteiger partial charge is 0.169 e. The van der Waals surface area contributed by atoms with Gasteiger partial charge in [0.1, 0.15) is 13.1 Å². The minimum absolute atomic E-state index is 1.09. The lowest BCUT2D eigenvalue weighted by Gasteiger charge is -2.16. The molecule has 0 unspecified atom stereocenters. The zero-order valence-corrected chi connectivity index (χ0v) is 36.9. The zero-order valence-electron chi connectivity index (χ0n) is 36.9. The molecule has 4 aromatic carbocycles. The molecule has 310 valence electrons. The third-order valence-electron chi connectivity index (χ3n) is 13.1. The monoisotopic (exact) mass is 779 g/mol. The van der Waals surface area contributed by atoms with Gasteiger partial charge in [-0.25, -0.2) is 9.13 Å². The molecule has 2 heterocycles. The van der Waals surface area contributed by atoms with E-state index in [0.717, 1.165) is 19.5 Å². The van der Waals surface area contributed by atoms with Crippen molar-refractivity contribution in [3.63, 3.8) is 0 Å². The molecule has 2 heteroatoms. The summed E-state index contributed by atoms with van der Waals surface area (Å²) in [7, 11) is 0. The van der Waals surface area contributed by atoms with Crippen molar-refractivity contribution in [3.8, 4) is 11.1 Å². The van der Waals surface area contributed by atoms with Gasteiger partial charge in [-0.1, -0.05) is 178 Å². The van der Waals surface area contributed by atoms with Gasteiger partial charge in [-0.05, 0) is 93.1 Å². The van der Waals surface area contributed by atoms with Gasteiger partial charge in [-0.2, -0.15) is 0 Å². The first-order chi connectivity index (χ1) is 28.7. The molecule has 6 rings (SSSR count). The summed E-state index contributed by atoms with van der Waals surface area (Å²) in [4.78, 5) is 0. The Hall–Kier alpha value is -3.78. The normalized spacial score (nSPS) is 11.8. The first-order valence-corrected chi connectivity index (χ1v) is 24.4. The topological polar surface area (TPSA) is 7.76 Å². The first kappa shape index (κ1) is 43.8. The lowest BCUT2D eigenvalue weighted by Crippen LogP contribution is -2.33. The molecule has 0 N–H and O–H groups in total. The summed E-state index contributed by atoms with van der Waals surface area (Å²) in [5, 5.41) is 8.70. The molecule has 0 amide bonds. The number of pyridine rings is 2. The average Bonchev–Trinajstić information content (AvgIpc) is 3.26. The van der Waals surface area contributed by atoms with Crippen LogP contribution in [0.2, 0.25) is 0 Å². The van der Waals surface area contributed by atoms with Gasteiger partial charge in [-0.3, -0.25) is 0 Å². The van der Waals surface area contributed by atoms with Crippen LogP contribution in [0.3, 0.4) is 0 Å². The Morgan fingerprint density at radius 3 is 1.00 bits per heavy atom. The highest BCUT2D eigenvalue weighted by molar-refractivity contribution is 6.24. The van der Waals surface area contributed by atoms with Gasteiger partial charge in [-0.15, -0.1) is 0 Å². The molecule has 0 aliphatic rings. The lowest BCUT2D eigenvalue weighted by atomic mass is 9.88. The maximum atomic E-state index is 2.40. The number of unbranched alkanes of at least 4 members (excludes halogenated alkanes) is 21. The highest BCUT2D eigenvalue weighted by Crippen LogP contribution is 2.38. The Bertz CT molecular complexity index is 2010. The van der Waals surface area contributed by atoms with E-state index in [2.05, 4.69) is 121 Å². The zero-order chi connectivity index (χ0) is 40.0. The van der Waals surface area contributed by atoms with Crippen molar-refractivity contribution >= 4 is 32.3 Å². The predicted octanol–water partition coefficient (Wildman–Crippen LogP) is 16.0. The summed E-state index contributed by atoms with van der Waals surface area (Å²) >= 11 is 0. The van der Waals surface area contributed by atoms with Gasteiger partial charge in [0.25, 0.3) is 0 Å². The van der Waals surface area contributed by atoms with E-state index in [1.54, 1.807) is 0 Å². The maximum absolute atomic E-state index is 2.40. The molecule has 0 saturated carbocycles. The largest absolute Gasteiger partial charge is 0.205 e. The van der Waals surface area contributed by atoms with Crippen LogP contribution in [0, 0.1) is 0 Å². The van der Waals surface area contributed by atoms with Crippen LogP contribution in [-0.2, 0) is 25.9 Å². The van der Waals surface area contributed by atoms with E-state index in [1.807, 2.05) is 0 Å². The van der Waals surface area contributed by atoms with Crippen LogP contribution in [-0.4, -0.2) is 0 Å². The first-order valence-electron chi connectivity index (χ1n) is 24.4. The fraction of sp³-hybridized carbons (Fsp3) is 0.536. The van der Waals surface area contributed by atoms with Crippen molar-refractivity contribution in [2.24, 2.45) is 0 Å². The van der Waals surface area contributed by atoms with Crippen molar-refractivity contribution in [2.75, 3.05) is 0 Å². The van der Waals surface area contributed by atoms with Crippen molar-refractivity contribution in [1.29, 1.82) is 0 Å². The minimum Gasteiger partial charge on any atom is -0.205 e. The van der Waals surface area contributed by atoms with Gasteiger partial charge < -0.3 is 0 Å². The van der Waals surface area contributed by atoms with Crippen molar-refractivity contribution < 1.29 is 9.13 Å². The fourth-order valence-corrected chi connectivity index (χ4v) is 9.50. The Morgan fingerprint density at radius 2 is 0.621 bits per heavy atom. The Morgan fingerprint density at radius 1 is 0.310 bits per heavy atom. The molecule has 6 aromatic rings. The molecular weight excluding hydrogens is 701 g/mol. The summed E-state index contributed by atoms with van der Waals surface area (Å²) in [5.41, 5.74) is 5.67. The van der Waals surface area contributed by atoms with Gasteiger partial charge in [0, 0.05) is 37.1 Å². The Kier molecular flexibility index (Phi) is 18.9. The SMILES string of the molecule is CCCCCCCCCCCCCCCCCC[n+]1ccc(-c2cc[n+](CCCCCCc3ccc4ccc5c(CCCCCC)ccc6ccc3c4c65)cc2)cc1. The number of rotatable bonds is 30. The van der Waals surface area contributed by atoms with Crippen LogP contribution in [0.4, 0.5) is 0 Å². The Balaban J connectivity index is 0.839. The van der Waals surface area contributed by atoms with Crippen LogP contribution in [0.1, 0.15) is 179 Å². The van der Waals surface area contributed by atoms with E-state index in [4.69, 9.17) is 0 Å². The van der Waals surface area contributed by atoms with Crippen LogP contribution in [0.5, 0.6) is 0 Å². The third-order valence-corrected chi connectivity index (χ3v) is 13.1. The van der Waals surface area contributed by atoms with E-state index in [1.165, 1.54) is 215 Å². The van der Waals surface area contributed by atoms with E-state index in [-0.39, 0.29) is 0 Å². The van der Waals surface area contributed by atoms with Crippen molar-refractivity contribution in [3.05, 3.63) is 109 Å². The second-order valence-electron chi connectivity index (χ2n) is 17.8. The van der Waals surface area contributed by atoms with Crippen LogP contribution < -0.4 is 9.13 Å². The Labute approximate surface area is 353 Å². The third kappa shape index (κ3) is 13.4. The van der Waals surface area contributed by atoms with E-state index >= 15 is 0 Å². The quantitative estimate of drug-likeness (QED) is 0.0244. The molecule has 0 aliphatic carbocycles. The number of benzene rings is 4. The van der Waals surface area contributed by atoms with Gasteiger partial charge in [0.2, 0.25) is 0 Å². The van der Waals surface area contributed by atoms with Crippen molar-refractivity contribution in [1.82, 2.24) is 0 Å². The highest BCUT2D eigenvalue weighted by Gasteiger charge is 2.13. The fourth-order valence-electron chi connectivity index (χ4n) is 9.50. The number of hydrogen-bond acceptors (Lipinski definition) is 0. The molecule has 2 nitrogen and oxygen atoms in total. The predicted molar refractivity (Wildman–Crippen MR) is 252 cm³/mol. The molecule has 0 fully saturated rings. The van der Waals surface area contributed by atoms with E-state index < -0.39 is 0 Å². The maximum Gasteiger partial charge on any atom is 0.169 e. The summed E-state index contributed by atoms with van der Waals surface area (Å²) in [5.74, 6) is 0. The summed E-state index contributed by atoms with van der Waals surface area (Å²) in [6.45, 7) is 6.82. The lowest BCUT2D eigenvalue weighted by molar-refractivity contribution is -0.697. The molecule has 2 aromatic heterocycles. The van der Waals surface area contributed by atoms with E-state index in [9.17, 15) is 0 Å². The van der Waals surface area contributed by atoms with Gasteiger partial charge in [0.15, 0.2) is 24.8 Å². The second kappa shape index (κ2) is 25.0. The van der Waals surface area contributed by atoms with Crippen molar-refractivity contribution in [2.45, 2.75) is 194 Å². The average molecular weight is 779 g/mol. The molecule has 0 bridgehead atoms. The molecule has 58 heavy (non-hydrogen) atoms. The molecule has 0 saturated heterocycles. The number of aryl methyl sites for hydroxylation is 4. The van der Waals surface area contributed by atoms with E-state index in [0.29, 0.717) is 0 Å². The molecule has 0 aliphatic heterocycles. The number of hydrogen-bond donors (Lipinski definition) is 0. The second-order valence-corrected chi connectivity index (χ2v) is 17.8. The highest BCUT2D eigenvalue weighted by atomic mass is 14.9. The molecule has 0 atom stereocenters. The summed E-state index contributed by atoms with van der Waals surface area (Å²) in [6.07, 6.45) is 44.5. The number of nitrogens with zero attached hydrogens (tertiary/aromatic N) is 2. The van der Waals surface area contributed by atoms with Crippen LogP contribution >= 0.6 is 0 Å². The summed E-state index contributed by atoms with van der Waals surface area (Å²) in [6, 6.07) is 28.2. The van der Waals surface area contributed by atoms with Gasteiger partial charge >= 0.3 is 0 Å². The molecular formula is C56H78N2+2. The minimum atomic E-state index is 1.09. The molecule has 0 spiro atoms. The van der Waals surface area contributed by atoms with Crippen LogP contribution in [0.15, 0.2) is 97.6 Å². The van der Waals surface area contributed by atoms with Gasteiger partial charge in [0.05, 0.1) is 0 Å². The number of aromatic nitrogens is 2. The summed E-state index contributed by atoms with van der Waals surface area (Å²) < 4.78 is 4.73. The van der Waals surface area contributed by atoms with Crippen LogP contribution in [0.25, 0.3) is 43.4 Å². The molecule has 0 radical (unpaired) electrons.